The highest BCUT2D eigenvalue weighted by atomic mass is 127. The number of aliphatic hydroxyl groups is 1. The maximum absolute atomic E-state index is 10.3. The number of fused-ring (bicyclic) bond motifs is 1. The third-order valence-corrected chi connectivity index (χ3v) is 4.33. The number of anilines is 1. The first-order valence-corrected chi connectivity index (χ1v) is 7.86. The number of hydrogen-bond acceptors (Lipinski definition) is 4. The van der Waals surface area contributed by atoms with E-state index in [1.807, 2.05) is 36.4 Å². The first kappa shape index (κ1) is 14.7. The first-order chi connectivity index (χ1) is 10.1. The summed E-state index contributed by atoms with van der Waals surface area (Å²) < 4.78 is 11.6. The molecule has 110 valence electrons. The highest BCUT2D eigenvalue weighted by Crippen LogP contribution is 2.34. The van der Waals surface area contributed by atoms with Crippen molar-refractivity contribution in [1.29, 1.82) is 0 Å². The Balaban J connectivity index is 1.67. The smallest absolute Gasteiger partial charge is 0.231 e. The number of benzene rings is 2. The van der Waals surface area contributed by atoms with Gasteiger partial charge in [-0.2, -0.15) is 0 Å². The van der Waals surface area contributed by atoms with Gasteiger partial charge in [0.15, 0.2) is 11.5 Å². The summed E-state index contributed by atoms with van der Waals surface area (Å²) in [6.45, 7) is 0.632. The quantitative estimate of drug-likeness (QED) is 0.743. The van der Waals surface area contributed by atoms with E-state index in [0.29, 0.717) is 23.1 Å². The van der Waals surface area contributed by atoms with Crippen molar-refractivity contribution >= 4 is 39.9 Å². The second-order valence-corrected chi connectivity index (χ2v) is 6.23. The van der Waals surface area contributed by atoms with Gasteiger partial charge in [-0.15, -0.1) is 0 Å². The molecule has 2 N–H and O–H groups in total. The number of hydrogen-bond donors (Lipinski definition) is 2. The molecule has 0 amide bonds. The third-order valence-electron chi connectivity index (χ3n) is 3.20. The predicted molar refractivity (Wildman–Crippen MR) is 90.2 cm³/mol. The fourth-order valence-corrected chi connectivity index (χ4v) is 3.14. The van der Waals surface area contributed by atoms with Gasteiger partial charge in [0.05, 0.1) is 6.10 Å². The summed E-state index contributed by atoms with van der Waals surface area (Å²) in [5.74, 6) is 1.39. The Kier molecular flexibility index (Phi) is 4.42. The lowest BCUT2D eigenvalue weighted by atomic mass is 10.1. The first-order valence-electron chi connectivity index (χ1n) is 6.40. The largest absolute Gasteiger partial charge is 0.454 e. The molecule has 1 atom stereocenters. The lowest BCUT2D eigenvalue weighted by Crippen LogP contribution is -2.12. The summed E-state index contributed by atoms with van der Waals surface area (Å²) >= 11 is 8.13. The Morgan fingerprint density at radius 2 is 2.00 bits per heavy atom. The summed E-state index contributed by atoms with van der Waals surface area (Å²) in [5.41, 5.74) is 1.73. The van der Waals surface area contributed by atoms with E-state index in [0.717, 1.165) is 14.8 Å². The standard InChI is InChI=1S/C15H13ClINO3/c16-10-2-3-12(11(17)6-10)18-7-13(19)9-1-4-14-15(5-9)21-8-20-14/h1-6,13,18-19H,7-8H2. The molecule has 0 bridgehead atoms. The average Bonchev–Trinajstić information content (AvgIpc) is 2.93. The monoisotopic (exact) mass is 417 g/mol. The zero-order valence-corrected chi connectivity index (χ0v) is 13.9. The lowest BCUT2D eigenvalue weighted by molar-refractivity contribution is 0.173. The third kappa shape index (κ3) is 3.36. The molecule has 2 aromatic rings. The molecule has 1 aliphatic heterocycles. The van der Waals surface area contributed by atoms with E-state index in [1.165, 1.54) is 0 Å². The minimum atomic E-state index is -0.633. The fourth-order valence-electron chi connectivity index (χ4n) is 2.08. The van der Waals surface area contributed by atoms with Crippen molar-refractivity contribution in [3.8, 4) is 11.5 Å². The van der Waals surface area contributed by atoms with Gasteiger partial charge in [0.2, 0.25) is 6.79 Å². The molecule has 4 nitrogen and oxygen atoms in total. The Morgan fingerprint density at radius 3 is 2.81 bits per heavy atom. The van der Waals surface area contributed by atoms with Gasteiger partial charge in [-0.3, -0.25) is 0 Å². The predicted octanol–water partition coefficient (Wildman–Crippen LogP) is 3.82. The summed E-state index contributed by atoms with van der Waals surface area (Å²) in [6.07, 6.45) is -0.633. The molecule has 1 aliphatic rings. The van der Waals surface area contributed by atoms with Crippen LogP contribution in [-0.4, -0.2) is 18.4 Å². The number of rotatable bonds is 4. The van der Waals surface area contributed by atoms with Gasteiger partial charge in [0.25, 0.3) is 0 Å². The van der Waals surface area contributed by atoms with Crippen LogP contribution in [0.25, 0.3) is 0 Å². The molecule has 1 heterocycles. The summed E-state index contributed by atoms with van der Waals surface area (Å²) in [4.78, 5) is 0. The van der Waals surface area contributed by atoms with E-state index in [9.17, 15) is 5.11 Å². The minimum absolute atomic E-state index is 0.232. The van der Waals surface area contributed by atoms with E-state index in [2.05, 4.69) is 27.9 Å². The number of ether oxygens (including phenoxy) is 2. The van der Waals surface area contributed by atoms with Gasteiger partial charge in [-0.25, -0.2) is 0 Å². The van der Waals surface area contributed by atoms with Gasteiger partial charge in [-0.05, 0) is 58.5 Å². The van der Waals surface area contributed by atoms with Crippen molar-refractivity contribution in [2.75, 3.05) is 18.7 Å². The zero-order chi connectivity index (χ0) is 14.8. The Hall–Kier alpha value is -1.18. The molecule has 0 fully saturated rings. The van der Waals surface area contributed by atoms with Crippen molar-refractivity contribution in [1.82, 2.24) is 0 Å². The lowest BCUT2D eigenvalue weighted by Gasteiger charge is -2.14. The molecule has 3 rings (SSSR count). The van der Waals surface area contributed by atoms with Crippen LogP contribution in [0, 0.1) is 3.57 Å². The average molecular weight is 418 g/mol. The van der Waals surface area contributed by atoms with Crippen LogP contribution < -0.4 is 14.8 Å². The maximum atomic E-state index is 10.3. The molecule has 0 aliphatic carbocycles. The Bertz CT molecular complexity index is 665. The van der Waals surface area contributed by atoms with E-state index >= 15 is 0 Å². The van der Waals surface area contributed by atoms with Crippen LogP contribution >= 0.6 is 34.2 Å². The minimum Gasteiger partial charge on any atom is -0.454 e. The van der Waals surface area contributed by atoms with Crippen molar-refractivity contribution in [2.45, 2.75) is 6.10 Å². The Morgan fingerprint density at radius 1 is 1.19 bits per heavy atom. The second kappa shape index (κ2) is 6.29. The molecule has 6 heteroatoms. The molecule has 0 spiro atoms. The van der Waals surface area contributed by atoms with E-state index in [4.69, 9.17) is 21.1 Å². The van der Waals surface area contributed by atoms with Gasteiger partial charge in [-0.1, -0.05) is 17.7 Å². The number of halogens is 2. The number of nitrogens with one attached hydrogen (secondary N) is 1. The second-order valence-electron chi connectivity index (χ2n) is 4.63. The summed E-state index contributed by atoms with van der Waals surface area (Å²) in [6, 6.07) is 11.0. The topological polar surface area (TPSA) is 50.7 Å². The van der Waals surface area contributed by atoms with E-state index < -0.39 is 6.10 Å². The molecular formula is C15H13ClINO3. The molecule has 0 saturated heterocycles. The van der Waals surface area contributed by atoms with Crippen LogP contribution in [0.5, 0.6) is 11.5 Å². The Labute approximate surface area is 141 Å². The zero-order valence-electron chi connectivity index (χ0n) is 11.0. The van der Waals surface area contributed by atoms with Gasteiger partial charge in [0.1, 0.15) is 0 Å². The van der Waals surface area contributed by atoms with Crippen LogP contribution in [0.15, 0.2) is 36.4 Å². The molecule has 1 unspecified atom stereocenters. The normalized spacial score (nSPS) is 14.0. The van der Waals surface area contributed by atoms with E-state index in [-0.39, 0.29) is 6.79 Å². The van der Waals surface area contributed by atoms with Crippen molar-refractivity contribution in [3.63, 3.8) is 0 Å². The molecule has 21 heavy (non-hydrogen) atoms. The van der Waals surface area contributed by atoms with Crippen molar-refractivity contribution < 1.29 is 14.6 Å². The highest BCUT2D eigenvalue weighted by Gasteiger charge is 2.16. The van der Waals surface area contributed by atoms with Crippen LogP contribution in [0.2, 0.25) is 5.02 Å². The molecular weight excluding hydrogens is 405 g/mol. The van der Waals surface area contributed by atoms with Gasteiger partial charge < -0.3 is 19.9 Å². The van der Waals surface area contributed by atoms with Crippen LogP contribution in [0.1, 0.15) is 11.7 Å². The molecule has 0 aromatic heterocycles. The highest BCUT2D eigenvalue weighted by molar-refractivity contribution is 14.1. The van der Waals surface area contributed by atoms with Gasteiger partial charge >= 0.3 is 0 Å². The van der Waals surface area contributed by atoms with Crippen molar-refractivity contribution in [3.05, 3.63) is 50.6 Å². The van der Waals surface area contributed by atoms with Crippen LogP contribution in [0.3, 0.4) is 0 Å². The molecule has 0 radical (unpaired) electrons. The molecule has 2 aromatic carbocycles. The van der Waals surface area contributed by atoms with E-state index in [1.54, 1.807) is 0 Å². The summed E-state index contributed by atoms with van der Waals surface area (Å²) in [7, 11) is 0. The number of aliphatic hydroxyl groups excluding tert-OH is 1. The SMILES string of the molecule is OC(CNc1ccc(Cl)cc1I)c1ccc2c(c1)OCO2. The fraction of sp³-hybridized carbons (Fsp3) is 0.200. The van der Waals surface area contributed by atoms with Crippen molar-refractivity contribution in [2.24, 2.45) is 0 Å². The van der Waals surface area contributed by atoms with Crippen LogP contribution in [0.4, 0.5) is 5.69 Å². The molecule has 0 saturated carbocycles. The van der Waals surface area contributed by atoms with Gasteiger partial charge in [0, 0.05) is 20.8 Å². The summed E-state index contributed by atoms with van der Waals surface area (Å²) in [5, 5.41) is 14.2. The maximum Gasteiger partial charge on any atom is 0.231 e. The van der Waals surface area contributed by atoms with Crippen LogP contribution in [-0.2, 0) is 0 Å².